The van der Waals surface area contributed by atoms with E-state index in [-0.39, 0.29) is 25.9 Å². The van der Waals surface area contributed by atoms with Gasteiger partial charge in [-0.25, -0.2) is 0 Å². The number of carbonyl (C=O) groups excluding carboxylic acids is 2. The molecule has 12 atom stereocenters. The van der Waals surface area contributed by atoms with Gasteiger partial charge in [0.1, 0.15) is 59.0 Å². The SMILES string of the molecule is CCCCCCCCCCC[C@@H](O)CC(=O)O[C@H](CCCCCCCCCCC)CC(=O)N[C@@H]1[C@@H](OCc2ccccc2)O[C@H](CO)[C@](O)([C@@H]2O[C@H](CO)[C@](O)(Cc3ccccc3)[C@@](O)(Cc3ccccc3)[C@@]2(O)Cc2ccccc2)[C@@H]1O. The second-order valence-electron chi connectivity index (χ2n) is 23.7. The fourth-order valence-corrected chi connectivity index (χ4v) is 12.5. The van der Waals surface area contributed by atoms with Crippen molar-refractivity contribution < 1.29 is 69.4 Å². The van der Waals surface area contributed by atoms with E-state index >= 15 is 0 Å². The van der Waals surface area contributed by atoms with Gasteiger partial charge in [-0.15, -0.1) is 0 Å². The van der Waals surface area contributed by atoms with Gasteiger partial charge in [-0.2, -0.15) is 0 Å². The molecule has 1 amide bonds. The molecule has 4 aromatic rings. The van der Waals surface area contributed by atoms with Gasteiger partial charge in [-0.05, 0) is 41.5 Å². The van der Waals surface area contributed by atoms with Crippen molar-refractivity contribution in [2.24, 2.45) is 0 Å². The van der Waals surface area contributed by atoms with Gasteiger partial charge < -0.3 is 65.1 Å². The number of rotatable bonds is 38. The van der Waals surface area contributed by atoms with Gasteiger partial charge in [0, 0.05) is 19.3 Å². The van der Waals surface area contributed by atoms with Gasteiger partial charge in [0.15, 0.2) is 6.29 Å². The number of unbranched alkanes of at least 4 members (excludes halogenated alkanes) is 16. The zero-order chi connectivity index (χ0) is 59.6. The summed E-state index contributed by atoms with van der Waals surface area (Å²) >= 11 is 0. The summed E-state index contributed by atoms with van der Waals surface area (Å²) in [5, 5.41) is 105. The fourth-order valence-electron chi connectivity index (χ4n) is 12.5. The van der Waals surface area contributed by atoms with Crippen molar-refractivity contribution in [1.82, 2.24) is 5.32 Å². The third-order valence-electron chi connectivity index (χ3n) is 17.3. The number of esters is 1. The molecule has 2 saturated heterocycles. The van der Waals surface area contributed by atoms with E-state index in [1.54, 1.807) is 115 Å². The minimum Gasteiger partial charge on any atom is -0.462 e. The highest BCUT2D eigenvalue weighted by molar-refractivity contribution is 5.78. The molecule has 2 heterocycles. The number of aliphatic hydroxyl groups excluding tert-OH is 4. The molecule has 0 spiro atoms. The highest BCUT2D eigenvalue weighted by Gasteiger charge is 2.77. The number of aliphatic hydroxyl groups is 8. The summed E-state index contributed by atoms with van der Waals surface area (Å²) in [7, 11) is 0. The Balaban J connectivity index is 1.33. The maximum atomic E-state index is 14.7. The van der Waals surface area contributed by atoms with Gasteiger partial charge >= 0.3 is 5.97 Å². The summed E-state index contributed by atoms with van der Waals surface area (Å²) < 4.78 is 25.5. The first kappa shape index (κ1) is 67.5. The number of amides is 1. The lowest BCUT2D eigenvalue weighted by atomic mass is 9.55. The van der Waals surface area contributed by atoms with Gasteiger partial charge in [0.05, 0.1) is 38.8 Å². The molecule has 0 radical (unpaired) electrons. The maximum Gasteiger partial charge on any atom is 0.308 e. The number of hydrogen-bond acceptors (Lipinski definition) is 14. The zero-order valence-electron chi connectivity index (χ0n) is 49.5. The van der Waals surface area contributed by atoms with Crippen LogP contribution < -0.4 is 5.32 Å². The first-order valence-electron chi connectivity index (χ1n) is 31.2. The van der Waals surface area contributed by atoms with E-state index < -0.39 is 109 Å². The lowest BCUT2D eigenvalue weighted by molar-refractivity contribution is -0.410. The minimum absolute atomic E-state index is 0.116. The first-order chi connectivity index (χ1) is 40.1. The molecule has 0 saturated carbocycles. The highest BCUT2D eigenvalue weighted by Crippen LogP contribution is 2.54. The first-order valence-corrected chi connectivity index (χ1v) is 31.2. The van der Waals surface area contributed by atoms with Crippen molar-refractivity contribution in [3.63, 3.8) is 0 Å². The van der Waals surface area contributed by atoms with Gasteiger partial charge in [0.2, 0.25) is 5.91 Å². The quantitative estimate of drug-likeness (QED) is 0.0150. The van der Waals surface area contributed by atoms with Crippen LogP contribution in [0.4, 0.5) is 0 Å². The van der Waals surface area contributed by atoms with Crippen LogP contribution in [0.25, 0.3) is 0 Å². The second-order valence-corrected chi connectivity index (χ2v) is 23.7. The molecule has 0 bridgehead atoms. The molecule has 83 heavy (non-hydrogen) atoms. The molecule has 15 nitrogen and oxygen atoms in total. The molecule has 4 aromatic carbocycles. The predicted molar refractivity (Wildman–Crippen MR) is 320 cm³/mol. The molecule has 0 aromatic heterocycles. The standard InChI is InChI=1S/C68H99NO14/c1-3-5-7-9-11-13-15-17-31-41-55(72)43-60(74)81-56(42-32-18-16-14-12-10-8-6-4-2)44-59(73)69-61-62(75)68(79,58(49-71)82-63(61)80-50-54-39-29-22-30-40-54)64-66(77,46-52-35-25-20-26-36-52)67(78,47-53-37-27-21-28-38-53)65(76,57(48-70)83-64)45-51-33-23-19-24-34-51/h19-30,33-40,55-58,61-64,70-72,75-79H,3-18,31-32,41-50H2,1-2H3,(H,69,73)/t55-,56-,57-,58-,61+,62-,63+,64-,65-,66-,67+,68-/m1/s1. The molecule has 0 unspecified atom stereocenters. The Morgan fingerprint density at radius 2 is 0.976 bits per heavy atom. The number of nitrogens with one attached hydrogen (secondary N) is 1. The summed E-state index contributed by atoms with van der Waals surface area (Å²) in [5.41, 5.74) is -9.00. The van der Waals surface area contributed by atoms with E-state index in [1.165, 1.54) is 57.8 Å². The Labute approximate surface area is 493 Å². The van der Waals surface area contributed by atoms with Crippen LogP contribution in [0.1, 0.15) is 177 Å². The van der Waals surface area contributed by atoms with Gasteiger partial charge in [-0.1, -0.05) is 244 Å². The van der Waals surface area contributed by atoms with E-state index in [1.807, 2.05) is 6.07 Å². The Morgan fingerprint density at radius 3 is 1.46 bits per heavy atom. The number of hydrogen-bond donors (Lipinski definition) is 9. The van der Waals surface area contributed by atoms with Crippen LogP contribution in [0.3, 0.4) is 0 Å². The van der Waals surface area contributed by atoms with E-state index in [0.717, 1.165) is 51.4 Å². The van der Waals surface area contributed by atoms with Crippen LogP contribution in [0.5, 0.6) is 0 Å². The lowest BCUT2D eigenvalue weighted by Crippen LogP contribution is -2.88. The molecule has 2 aliphatic rings. The Hall–Kier alpha value is -4.62. The monoisotopic (exact) mass is 1150 g/mol. The molecule has 9 N–H and O–H groups in total. The van der Waals surface area contributed by atoms with Crippen molar-refractivity contribution in [3.8, 4) is 0 Å². The summed E-state index contributed by atoms with van der Waals surface area (Å²) in [6.45, 7) is 2.31. The maximum absolute atomic E-state index is 14.7. The number of carbonyl (C=O) groups is 2. The van der Waals surface area contributed by atoms with E-state index in [0.29, 0.717) is 41.5 Å². The number of benzene rings is 4. The average Bonchev–Trinajstić information content (AvgIpc) is 1.17. The normalized spacial score (nSPS) is 27.0. The third-order valence-corrected chi connectivity index (χ3v) is 17.3. The van der Waals surface area contributed by atoms with E-state index in [4.69, 9.17) is 18.9 Å². The largest absolute Gasteiger partial charge is 0.462 e. The van der Waals surface area contributed by atoms with Crippen LogP contribution in [0.15, 0.2) is 121 Å². The molecule has 0 aliphatic carbocycles. The van der Waals surface area contributed by atoms with Crippen LogP contribution in [-0.4, -0.2) is 137 Å². The van der Waals surface area contributed by atoms with Crippen molar-refractivity contribution in [2.45, 2.75) is 252 Å². The summed E-state index contributed by atoms with van der Waals surface area (Å²) in [5.74, 6) is -1.37. The van der Waals surface area contributed by atoms with Crippen molar-refractivity contribution >= 4 is 11.9 Å². The summed E-state index contributed by atoms with van der Waals surface area (Å²) in [6, 6.07) is 33.2. The molecule has 15 heteroatoms. The Kier molecular flexibility index (Phi) is 28.1. The van der Waals surface area contributed by atoms with Crippen molar-refractivity contribution in [3.05, 3.63) is 144 Å². The average molecular weight is 1150 g/mol. The molecular weight excluding hydrogens is 1050 g/mol. The summed E-state index contributed by atoms with van der Waals surface area (Å²) in [4.78, 5) is 28.4. The smallest absolute Gasteiger partial charge is 0.308 e. The van der Waals surface area contributed by atoms with Crippen LogP contribution in [0.2, 0.25) is 0 Å². The van der Waals surface area contributed by atoms with Crippen LogP contribution in [0, 0.1) is 0 Å². The molecule has 460 valence electrons. The van der Waals surface area contributed by atoms with Gasteiger partial charge in [0.25, 0.3) is 0 Å². The molecule has 6 rings (SSSR count). The Bertz CT molecular complexity index is 2420. The van der Waals surface area contributed by atoms with E-state index in [9.17, 15) is 50.4 Å². The van der Waals surface area contributed by atoms with E-state index in [2.05, 4.69) is 19.2 Å². The minimum atomic E-state index is -2.98. The van der Waals surface area contributed by atoms with Crippen molar-refractivity contribution in [2.75, 3.05) is 13.2 Å². The lowest BCUT2D eigenvalue weighted by Gasteiger charge is -2.65. The zero-order valence-corrected chi connectivity index (χ0v) is 49.5. The fraction of sp³-hybridized carbons (Fsp3) is 0.618. The van der Waals surface area contributed by atoms with Crippen LogP contribution >= 0.6 is 0 Å². The molecular formula is C68H99NO14. The number of ether oxygens (including phenoxy) is 4. The molecule has 2 aliphatic heterocycles. The highest BCUT2D eigenvalue weighted by atomic mass is 16.7. The summed E-state index contributed by atoms with van der Waals surface area (Å²) in [6.07, 6.45) is 6.69. The van der Waals surface area contributed by atoms with Crippen LogP contribution in [-0.2, 0) is 54.4 Å². The molecule has 2 fully saturated rings. The topological polar surface area (TPSA) is 245 Å². The third kappa shape index (κ3) is 18.7. The second kappa shape index (κ2) is 34.5. The predicted octanol–water partition coefficient (Wildman–Crippen LogP) is 9.07. The Morgan fingerprint density at radius 1 is 0.542 bits per heavy atom. The van der Waals surface area contributed by atoms with Gasteiger partial charge in [-0.3, -0.25) is 9.59 Å². The van der Waals surface area contributed by atoms with Crippen molar-refractivity contribution in [1.29, 1.82) is 0 Å².